The normalized spacial score (nSPS) is 29.0. The Morgan fingerprint density at radius 1 is 1.10 bits per heavy atom. The second-order valence-electron chi connectivity index (χ2n) is 5.15. The fraction of sp³-hybridized carbons (Fsp3) is 0.368. The molecular formula is C19H23ClO. The molecule has 112 valence electrons. The van der Waals surface area contributed by atoms with Crippen LogP contribution < -0.4 is 0 Å². The summed E-state index contributed by atoms with van der Waals surface area (Å²) in [6.45, 7) is 4.00. The van der Waals surface area contributed by atoms with Gasteiger partial charge in [-0.25, -0.2) is 0 Å². The maximum Gasteiger partial charge on any atom is 0.0802 e. The Labute approximate surface area is 132 Å². The number of halogens is 1. The highest BCUT2D eigenvalue weighted by atomic mass is 35.5. The Morgan fingerprint density at radius 3 is 2.67 bits per heavy atom. The monoisotopic (exact) mass is 302 g/mol. The van der Waals surface area contributed by atoms with Crippen LogP contribution in [-0.4, -0.2) is 5.11 Å². The molecule has 0 bridgehead atoms. The predicted octanol–water partition coefficient (Wildman–Crippen LogP) is 5.72. The minimum Gasteiger partial charge on any atom is -0.388 e. The number of aliphatic hydroxyl groups excluding tert-OH is 1. The molecule has 0 aliphatic heterocycles. The quantitative estimate of drug-likeness (QED) is 0.703. The van der Waals surface area contributed by atoms with Gasteiger partial charge in [0, 0.05) is 10.9 Å². The third-order valence-electron chi connectivity index (χ3n) is 3.88. The largest absolute Gasteiger partial charge is 0.388 e. The molecular weight excluding hydrogens is 280 g/mol. The first-order chi connectivity index (χ1) is 10.3. The van der Waals surface area contributed by atoms with Crippen LogP contribution in [0.15, 0.2) is 54.2 Å². The molecule has 0 radical (unpaired) electrons. The molecule has 0 spiro atoms. The van der Waals surface area contributed by atoms with E-state index in [0.29, 0.717) is 5.02 Å². The summed E-state index contributed by atoms with van der Waals surface area (Å²) in [5, 5.41) is 10.9. The average molecular weight is 303 g/mol. The van der Waals surface area contributed by atoms with E-state index in [4.69, 9.17) is 11.6 Å². The SMILES string of the molecule is CC.OC1CC(C2=C/C=C\CC/C=C\2)c2ccc(Cl)cc21. The van der Waals surface area contributed by atoms with E-state index in [1.807, 2.05) is 26.0 Å². The van der Waals surface area contributed by atoms with E-state index in [9.17, 15) is 5.11 Å². The molecule has 1 aromatic rings. The summed E-state index contributed by atoms with van der Waals surface area (Å²) >= 11 is 6.02. The Morgan fingerprint density at radius 2 is 1.86 bits per heavy atom. The molecule has 3 rings (SSSR count). The van der Waals surface area contributed by atoms with Gasteiger partial charge in [0.25, 0.3) is 0 Å². The van der Waals surface area contributed by atoms with Crippen molar-refractivity contribution in [2.45, 2.75) is 45.1 Å². The second-order valence-corrected chi connectivity index (χ2v) is 5.59. The van der Waals surface area contributed by atoms with Crippen LogP contribution in [0, 0.1) is 0 Å². The topological polar surface area (TPSA) is 20.2 Å². The van der Waals surface area contributed by atoms with Crippen molar-refractivity contribution in [2.24, 2.45) is 0 Å². The lowest BCUT2D eigenvalue weighted by Crippen LogP contribution is -1.97. The predicted molar refractivity (Wildman–Crippen MR) is 90.7 cm³/mol. The number of hydrogen-bond acceptors (Lipinski definition) is 1. The number of allylic oxidation sites excluding steroid dienone is 6. The molecule has 1 nitrogen and oxygen atoms in total. The van der Waals surface area contributed by atoms with Gasteiger partial charge in [-0.3, -0.25) is 0 Å². The van der Waals surface area contributed by atoms with E-state index < -0.39 is 6.10 Å². The third-order valence-corrected chi connectivity index (χ3v) is 4.11. The molecule has 2 heteroatoms. The molecule has 0 aromatic heterocycles. The third kappa shape index (κ3) is 3.66. The van der Waals surface area contributed by atoms with E-state index in [-0.39, 0.29) is 5.92 Å². The molecule has 2 aliphatic carbocycles. The highest BCUT2D eigenvalue weighted by Crippen LogP contribution is 2.45. The fourth-order valence-electron chi connectivity index (χ4n) is 2.92. The molecule has 0 fully saturated rings. The lowest BCUT2D eigenvalue weighted by Gasteiger charge is -2.13. The molecule has 21 heavy (non-hydrogen) atoms. The summed E-state index contributed by atoms with van der Waals surface area (Å²) in [5.74, 6) is 0.279. The second kappa shape index (κ2) is 7.63. The molecule has 2 atom stereocenters. The van der Waals surface area contributed by atoms with Crippen molar-refractivity contribution >= 4 is 11.6 Å². The van der Waals surface area contributed by atoms with Gasteiger partial charge in [-0.15, -0.1) is 0 Å². The molecule has 0 amide bonds. The van der Waals surface area contributed by atoms with Crippen LogP contribution in [0.5, 0.6) is 0 Å². The first-order valence-corrected chi connectivity index (χ1v) is 8.14. The fourth-order valence-corrected chi connectivity index (χ4v) is 3.10. The number of rotatable bonds is 1. The number of benzene rings is 1. The van der Waals surface area contributed by atoms with Crippen molar-refractivity contribution in [2.75, 3.05) is 0 Å². The smallest absolute Gasteiger partial charge is 0.0802 e. The molecule has 1 aromatic carbocycles. The standard InChI is InChI=1S/C17H17ClO.C2H6/c18-13-8-9-14-15(11-17(19)16(14)10-13)12-6-4-2-1-3-5-7-12;1-2/h2,4-10,15,17,19H,1,3,11H2;1-2H3/b4-2-,7-5-,12-6+;. The summed E-state index contributed by atoms with van der Waals surface area (Å²) in [6, 6.07) is 5.86. The zero-order valence-corrected chi connectivity index (χ0v) is 13.5. The summed E-state index contributed by atoms with van der Waals surface area (Å²) in [5.41, 5.74) is 3.47. The van der Waals surface area contributed by atoms with Gasteiger partial charge in [-0.2, -0.15) is 0 Å². The van der Waals surface area contributed by atoms with E-state index >= 15 is 0 Å². The van der Waals surface area contributed by atoms with Crippen LogP contribution >= 0.6 is 11.6 Å². The van der Waals surface area contributed by atoms with Gasteiger partial charge in [0.15, 0.2) is 0 Å². The van der Waals surface area contributed by atoms with Gasteiger partial charge in [0.2, 0.25) is 0 Å². The molecule has 2 unspecified atom stereocenters. The zero-order valence-electron chi connectivity index (χ0n) is 12.7. The van der Waals surface area contributed by atoms with Gasteiger partial charge in [-0.1, -0.05) is 61.9 Å². The molecule has 1 N–H and O–H groups in total. The Kier molecular flexibility index (Phi) is 5.84. The van der Waals surface area contributed by atoms with Gasteiger partial charge in [-0.05, 0) is 48.1 Å². The number of aliphatic hydroxyl groups is 1. The van der Waals surface area contributed by atoms with Crippen LogP contribution in [0.3, 0.4) is 0 Å². The molecule has 0 saturated heterocycles. The average Bonchev–Trinajstić information content (AvgIpc) is 2.78. The van der Waals surface area contributed by atoms with E-state index in [1.54, 1.807) is 0 Å². The Bertz CT molecular complexity index is 569. The minimum atomic E-state index is -0.401. The summed E-state index contributed by atoms with van der Waals surface area (Å²) in [6.07, 6.45) is 13.4. The van der Waals surface area contributed by atoms with Crippen molar-refractivity contribution in [1.82, 2.24) is 0 Å². The van der Waals surface area contributed by atoms with Gasteiger partial charge in [0.05, 0.1) is 6.10 Å². The van der Waals surface area contributed by atoms with Gasteiger partial charge in [0.1, 0.15) is 0 Å². The van der Waals surface area contributed by atoms with Crippen molar-refractivity contribution in [3.63, 3.8) is 0 Å². The van der Waals surface area contributed by atoms with Crippen LogP contribution in [0.25, 0.3) is 0 Å². The minimum absolute atomic E-state index is 0.279. The maximum absolute atomic E-state index is 10.2. The van der Waals surface area contributed by atoms with E-state index in [0.717, 1.165) is 24.8 Å². The van der Waals surface area contributed by atoms with Crippen molar-refractivity contribution < 1.29 is 5.11 Å². The first-order valence-electron chi connectivity index (χ1n) is 7.76. The van der Waals surface area contributed by atoms with Crippen molar-refractivity contribution in [3.05, 3.63) is 70.3 Å². The highest BCUT2D eigenvalue weighted by Gasteiger charge is 2.31. The lowest BCUT2D eigenvalue weighted by atomic mass is 9.91. The summed E-state index contributed by atoms with van der Waals surface area (Å²) < 4.78 is 0. The first kappa shape index (κ1) is 16.1. The van der Waals surface area contributed by atoms with Gasteiger partial charge < -0.3 is 5.11 Å². The number of hydrogen-bond donors (Lipinski definition) is 1. The van der Waals surface area contributed by atoms with E-state index in [1.165, 1.54) is 11.1 Å². The lowest BCUT2D eigenvalue weighted by molar-refractivity contribution is 0.176. The molecule has 0 heterocycles. The maximum atomic E-state index is 10.2. The zero-order chi connectivity index (χ0) is 15.2. The van der Waals surface area contributed by atoms with Crippen LogP contribution in [0.4, 0.5) is 0 Å². The van der Waals surface area contributed by atoms with Crippen molar-refractivity contribution in [1.29, 1.82) is 0 Å². The molecule has 0 saturated carbocycles. The highest BCUT2D eigenvalue weighted by molar-refractivity contribution is 6.30. The molecule has 2 aliphatic rings. The Hall–Kier alpha value is -1.31. The van der Waals surface area contributed by atoms with Crippen LogP contribution in [0.2, 0.25) is 5.02 Å². The number of fused-ring (bicyclic) bond motifs is 1. The Balaban J connectivity index is 0.000000774. The summed E-state index contributed by atoms with van der Waals surface area (Å²) in [7, 11) is 0. The van der Waals surface area contributed by atoms with Gasteiger partial charge >= 0.3 is 0 Å². The van der Waals surface area contributed by atoms with Crippen LogP contribution in [-0.2, 0) is 0 Å². The van der Waals surface area contributed by atoms with Crippen molar-refractivity contribution in [3.8, 4) is 0 Å². The summed E-state index contributed by atoms with van der Waals surface area (Å²) in [4.78, 5) is 0. The van der Waals surface area contributed by atoms with E-state index in [2.05, 4.69) is 36.4 Å². The van der Waals surface area contributed by atoms with Crippen LogP contribution in [0.1, 0.15) is 56.3 Å².